The van der Waals surface area contributed by atoms with Crippen LogP contribution in [0.15, 0.2) is 29.3 Å². The zero-order valence-corrected chi connectivity index (χ0v) is 11.1. The third kappa shape index (κ3) is 3.11. The van der Waals surface area contributed by atoms with Crippen molar-refractivity contribution < 1.29 is 14.7 Å². The minimum absolute atomic E-state index is 0.0113. The molecule has 0 radical (unpaired) electrons. The predicted octanol–water partition coefficient (Wildman–Crippen LogP) is 3.01. The number of hydrogen-bond donors (Lipinski definition) is 2. The molecular formula is C13H14ClNO3. The lowest BCUT2D eigenvalue weighted by atomic mass is 10.1. The van der Waals surface area contributed by atoms with E-state index in [2.05, 4.69) is 5.32 Å². The zero-order chi connectivity index (χ0) is 13.9. The lowest BCUT2D eigenvalue weighted by Crippen LogP contribution is -2.17. The highest BCUT2D eigenvalue weighted by Gasteiger charge is 2.14. The lowest BCUT2D eigenvalue weighted by Gasteiger charge is -2.11. The Kier molecular flexibility index (Phi) is 4.50. The number of hydrogen-bond acceptors (Lipinski definition) is 2. The maximum Gasteiger partial charge on any atom is 0.331 e. The maximum absolute atomic E-state index is 11.9. The number of aryl methyl sites for hydroxylation is 1. The van der Waals surface area contributed by atoms with E-state index in [4.69, 9.17) is 16.7 Å². The first-order valence-corrected chi connectivity index (χ1v) is 5.69. The first-order valence-electron chi connectivity index (χ1n) is 5.31. The average Bonchev–Trinajstić information content (AvgIpc) is 2.31. The Morgan fingerprint density at radius 1 is 1.22 bits per heavy atom. The number of rotatable bonds is 3. The molecule has 18 heavy (non-hydrogen) atoms. The summed E-state index contributed by atoms with van der Waals surface area (Å²) in [6.07, 6.45) is 0. The van der Waals surface area contributed by atoms with Crippen LogP contribution >= 0.6 is 11.6 Å². The summed E-state index contributed by atoms with van der Waals surface area (Å²) in [6, 6.07) is 5.25. The maximum atomic E-state index is 11.9. The normalized spacial score (nSPS) is 11.8. The number of anilines is 1. The fourth-order valence-corrected chi connectivity index (χ4v) is 1.60. The molecule has 0 aliphatic rings. The second kappa shape index (κ2) is 5.69. The van der Waals surface area contributed by atoms with Gasteiger partial charge in [0.15, 0.2) is 0 Å². The number of nitrogens with one attached hydrogen (secondary N) is 1. The summed E-state index contributed by atoms with van der Waals surface area (Å²) in [4.78, 5) is 22.6. The van der Waals surface area contributed by atoms with Gasteiger partial charge in [-0.2, -0.15) is 0 Å². The number of benzene rings is 1. The smallest absolute Gasteiger partial charge is 0.331 e. The molecule has 1 aromatic rings. The summed E-state index contributed by atoms with van der Waals surface area (Å²) in [7, 11) is 0. The fraction of sp³-hybridized carbons (Fsp3) is 0.231. The largest absolute Gasteiger partial charge is 0.478 e. The van der Waals surface area contributed by atoms with Crippen LogP contribution in [0.3, 0.4) is 0 Å². The standard InChI is InChI=1S/C13H14ClNO3/c1-7-5-4-6-10(14)11(7)15-12(16)8(2)9(3)13(17)18/h4-6H,1-3H3,(H,15,16)(H,17,18). The second-order valence-corrected chi connectivity index (χ2v) is 4.35. The van der Waals surface area contributed by atoms with Crippen LogP contribution in [0.5, 0.6) is 0 Å². The van der Waals surface area contributed by atoms with Gasteiger partial charge in [-0.25, -0.2) is 4.79 Å². The number of carbonyl (C=O) groups is 2. The van der Waals surface area contributed by atoms with E-state index < -0.39 is 11.9 Å². The number of aliphatic carboxylic acids is 1. The van der Waals surface area contributed by atoms with Crippen LogP contribution in [-0.2, 0) is 9.59 Å². The van der Waals surface area contributed by atoms with Gasteiger partial charge in [-0.1, -0.05) is 23.7 Å². The molecule has 0 aromatic heterocycles. The van der Waals surface area contributed by atoms with Gasteiger partial charge in [0.1, 0.15) is 0 Å². The minimum Gasteiger partial charge on any atom is -0.478 e. The van der Waals surface area contributed by atoms with Crippen molar-refractivity contribution in [2.45, 2.75) is 20.8 Å². The molecule has 1 rings (SSSR count). The molecule has 0 saturated heterocycles. The molecule has 0 aliphatic heterocycles. The number of carbonyl (C=O) groups excluding carboxylic acids is 1. The van der Waals surface area contributed by atoms with E-state index in [1.807, 2.05) is 13.0 Å². The SMILES string of the molecule is CC(C(=O)O)=C(C)C(=O)Nc1c(C)cccc1Cl. The van der Waals surface area contributed by atoms with Crippen molar-refractivity contribution in [3.05, 3.63) is 39.9 Å². The monoisotopic (exact) mass is 267 g/mol. The van der Waals surface area contributed by atoms with Crippen molar-refractivity contribution >= 4 is 29.2 Å². The van der Waals surface area contributed by atoms with Gasteiger partial charge in [0.25, 0.3) is 5.91 Å². The van der Waals surface area contributed by atoms with E-state index in [1.54, 1.807) is 12.1 Å². The van der Waals surface area contributed by atoms with Crippen LogP contribution in [0, 0.1) is 6.92 Å². The highest BCUT2D eigenvalue weighted by atomic mass is 35.5. The quantitative estimate of drug-likeness (QED) is 0.828. The van der Waals surface area contributed by atoms with E-state index in [1.165, 1.54) is 13.8 Å². The molecule has 4 nitrogen and oxygen atoms in total. The predicted molar refractivity (Wildman–Crippen MR) is 70.8 cm³/mol. The van der Waals surface area contributed by atoms with E-state index in [-0.39, 0.29) is 11.1 Å². The first-order chi connectivity index (χ1) is 8.34. The van der Waals surface area contributed by atoms with Crippen molar-refractivity contribution in [2.75, 3.05) is 5.32 Å². The fourth-order valence-electron chi connectivity index (χ4n) is 1.33. The molecule has 2 N–H and O–H groups in total. The summed E-state index contributed by atoms with van der Waals surface area (Å²) >= 11 is 5.97. The Hall–Kier alpha value is -1.81. The number of halogens is 1. The number of amides is 1. The van der Waals surface area contributed by atoms with Crippen LogP contribution in [0.25, 0.3) is 0 Å². The molecule has 0 heterocycles. The molecule has 1 aromatic carbocycles. The second-order valence-electron chi connectivity index (χ2n) is 3.94. The summed E-state index contributed by atoms with van der Waals surface area (Å²) < 4.78 is 0. The Morgan fingerprint density at radius 2 is 1.83 bits per heavy atom. The lowest BCUT2D eigenvalue weighted by molar-refractivity contribution is -0.133. The van der Waals surface area contributed by atoms with E-state index in [0.717, 1.165) is 5.56 Å². The summed E-state index contributed by atoms with van der Waals surface area (Å²) in [5.41, 5.74) is 1.48. The highest BCUT2D eigenvalue weighted by Crippen LogP contribution is 2.25. The van der Waals surface area contributed by atoms with E-state index >= 15 is 0 Å². The molecular weight excluding hydrogens is 254 g/mol. The Morgan fingerprint density at radius 3 is 2.33 bits per heavy atom. The first kappa shape index (κ1) is 14.3. The Bertz CT molecular complexity index is 515. The molecule has 0 fully saturated rings. The van der Waals surface area contributed by atoms with E-state index in [0.29, 0.717) is 10.7 Å². The van der Waals surface area contributed by atoms with Crippen molar-refractivity contribution in [3.8, 4) is 0 Å². The Labute approximate surface area is 110 Å². The molecule has 0 unspecified atom stereocenters. The van der Waals surface area contributed by atoms with Crippen molar-refractivity contribution in [3.63, 3.8) is 0 Å². The molecule has 5 heteroatoms. The topological polar surface area (TPSA) is 66.4 Å². The van der Waals surface area contributed by atoms with Crippen LogP contribution in [-0.4, -0.2) is 17.0 Å². The van der Waals surface area contributed by atoms with Gasteiger partial charge in [-0.15, -0.1) is 0 Å². The number of para-hydroxylation sites is 1. The third-order valence-corrected chi connectivity index (χ3v) is 3.00. The van der Waals surface area contributed by atoms with Gasteiger partial charge in [0, 0.05) is 11.1 Å². The molecule has 1 amide bonds. The average molecular weight is 268 g/mol. The molecule has 0 bridgehead atoms. The van der Waals surface area contributed by atoms with Crippen molar-refractivity contribution in [1.29, 1.82) is 0 Å². The minimum atomic E-state index is -1.11. The van der Waals surface area contributed by atoms with Gasteiger partial charge in [-0.3, -0.25) is 4.79 Å². The summed E-state index contributed by atoms with van der Waals surface area (Å²) in [5.74, 6) is -1.58. The van der Waals surface area contributed by atoms with Crippen LogP contribution in [0.4, 0.5) is 5.69 Å². The van der Waals surface area contributed by atoms with Gasteiger partial charge < -0.3 is 10.4 Å². The van der Waals surface area contributed by atoms with Gasteiger partial charge in [0.2, 0.25) is 0 Å². The van der Waals surface area contributed by atoms with Crippen LogP contribution in [0.1, 0.15) is 19.4 Å². The zero-order valence-electron chi connectivity index (χ0n) is 10.4. The molecule has 0 aliphatic carbocycles. The van der Waals surface area contributed by atoms with Gasteiger partial charge >= 0.3 is 5.97 Å². The van der Waals surface area contributed by atoms with E-state index in [9.17, 15) is 9.59 Å². The number of carboxylic acid groups (broad SMARTS) is 1. The third-order valence-electron chi connectivity index (χ3n) is 2.68. The number of carboxylic acids is 1. The molecule has 96 valence electrons. The Balaban J connectivity index is 3.03. The van der Waals surface area contributed by atoms with Gasteiger partial charge in [0.05, 0.1) is 10.7 Å². The highest BCUT2D eigenvalue weighted by molar-refractivity contribution is 6.34. The summed E-state index contributed by atoms with van der Waals surface area (Å²) in [5, 5.41) is 11.9. The molecule has 0 spiro atoms. The van der Waals surface area contributed by atoms with Crippen LogP contribution in [0.2, 0.25) is 5.02 Å². The summed E-state index contributed by atoms with van der Waals surface area (Å²) in [6.45, 7) is 4.66. The van der Waals surface area contributed by atoms with Gasteiger partial charge in [-0.05, 0) is 32.4 Å². The molecule has 0 atom stereocenters. The van der Waals surface area contributed by atoms with Crippen molar-refractivity contribution in [2.24, 2.45) is 0 Å². The van der Waals surface area contributed by atoms with Crippen LogP contribution < -0.4 is 5.32 Å². The molecule has 0 saturated carbocycles. The van der Waals surface area contributed by atoms with Crippen molar-refractivity contribution in [1.82, 2.24) is 0 Å².